The van der Waals surface area contributed by atoms with Crippen molar-refractivity contribution in [3.63, 3.8) is 0 Å². The number of benzene rings is 10. The molecule has 0 radical (unpaired) electrons. The Morgan fingerprint density at radius 3 is 0.781 bits per heavy atom. The molecule has 10 aromatic carbocycles. The van der Waals surface area contributed by atoms with Crippen LogP contribution in [0.2, 0.25) is 0 Å². The third-order valence-corrected chi connectivity index (χ3v) is 22.5. The molecule has 13 aromatic rings. The Morgan fingerprint density at radius 1 is 0.270 bits per heavy atom. The van der Waals surface area contributed by atoms with Gasteiger partial charge in [0.25, 0.3) is 0 Å². The van der Waals surface area contributed by atoms with Crippen LogP contribution in [0.3, 0.4) is 0 Å². The minimum atomic E-state index is -10.7. The number of halogens is 16. The van der Waals surface area contributed by atoms with Crippen LogP contribution in [0, 0.1) is 55.4 Å². The summed E-state index contributed by atoms with van der Waals surface area (Å²) in [6.07, 6.45) is 0. The van der Waals surface area contributed by atoms with Gasteiger partial charge in [-0.3, -0.25) is 12.9 Å². The molecule has 38 heteroatoms. The Labute approximate surface area is 788 Å². The Kier molecular flexibility index (Phi) is 37.9. The molecule has 0 amide bonds. The number of nitrogens with zero attached hydrogens (tertiary/aromatic N) is 4. The Hall–Kier alpha value is -11.9. The summed E-state index contributed by atoms with van der Waals surface area (Å²) in [4.78, 5) is 6.96. The second-order valence-corrected chi connectivity index (χ2v) is 35.4. The van der Waals surface area contributed by atoms with Gasteiger partial charge in [0, 0.05) is 162 Å². The summed E-state index contributed by atoms with van der Waals surface area (Å²) in [6, 6.07) is 43.4. The van der Waals surface area contributed by atoms with Gasteiger partial charge in [-0.2, -0.15) is 0 Å². The van der Waals surface area contributed by atoms with E-state index in [0.29, 0.717) is 23.0 Å². The fraction of sp³-hybridized carbons (Fsp3) is 0.384. The molecule has 0 bridgehead atoms. The summed E-state index contributed by atoms with van der Waals surface area (Å²) in [5, 5.41) is 5.35. The number of methoxy groups -OCH3 is 12. The number of hydrogen-bond donors (Lipinski definition) is 0. The first-order valence-corrected chi connectivity index (χ1v) is 47.5. The first kappa shape index (κ1) is 114. The summed E-state index contributed by atoms with van der Waals surface area (Å²) in [6.45, 7) is 41.3. The van der Waals surface area contributed by atoms with Gasteiger partial charge in [-0.25, -0.2) is 4.58 Å². The predicted octanol–water partition coefficient (Wildman–Crippen LogP) is 26.7. The predicted molar refractivity (Wildman–Crippen MR) is 519 cm³/mol. The third kappa shape index (κ3) is 30.0. The van der Waals surface area contributed by atoms with Crippen LogP contribution in [0.1, 0.15) is 145 Å². The molecule has 0 aliphatic carbocycles. The molecule has 3 aromatic heterocycles. The summed E-state index contributed by atoms with van der Waals surface area (Å²) < 4.78 is 238. The molecule has 19 nitrogen and oxygen atoms in total. The van der Waals surface area contributed by atoms with Crippen molar-refractivity contribution >= 4 is 95.3 Å². The summed E-state index contributed by atoms with van der Waals surface area (Å²) in [7, 11) is -4.83. The molecule has 0 fully saturated rings. The summed E-state index contributed by atoms with van der Waals surface area (Å²) in [5.41, 5.74) is 23.2. The molecule has 0 aliphatic heterocycles. The van der Waals surface area contributed by atoms with E-state index in [-0.39, 0.29) is 16.5 Å². The zero-order valence-electron chi connectivity index (χ0n) is 82.4. The molecular weight excluding hydrogens is 1860 g/mol. The van der Waals surface area contributed by atoms with Crippen LogP contribution in [-0.2, 0) is 0 Å². The van der Waals surface area contributed by atoms with Crippen LogP contribution in [0.4, 0.5) is 80.4 Å². The number of anilines is 3. The average Bonchev–Trinajstić information content (AvgIpc) is 0.695. The Bertz CT molecular complexity index is 6240. The van der Waals surface area contributed by atoms with Gasteiger partial charge < -0.3 is 89.5 Å². The van der Waals surface area contributed by atoms with E-state index in [1.807, 2.05) is 62.4 Å². The van der Waals surface area contributed by atoms with Gasteiger partial charge in [-0.1, -0.05) is 12.1 Å². The normalized spacial score (nSPS) is 12.5. The fourth-order valence-electron chi connectivity index (χ4n) is 16.9. The van der Waals surface area contributed by atoms with E-state index in [9.17, 15) is 63.3 Å². The molecular formula is C99H123BF16N4O15P2-2. The van der Waals surface area contributed by atoms with Crippen molar-refractivity contribution in [2.24, 2.45) is 0 Å². The second kappa shape index (κ2) is 45.6. The largest absolute Gasteiger partial charge is 1.00 e. The molecule has 0 spiro atoms. The molecule has 756 valence electrons. The molecule has 3 heterocycles. The summed E-state index contributed by atoms with van der Waals surface area (Å²) in [5.74, 6) is 8.37. The summed E-state index contributed by atoms with van der Waals surface area (Å²) >= 11 is 0. The average molecular weight is 1990 g/mol. The molecule has 0 saturated carbocycles. The first-order valence-electron chi connectivity index (χ1n) is 43.4. The molecule has 0 N–H and O–H groups in total. The molecule has 2 unspecified atom stereocenters. The van der Waals surface area contributed by atoms with Crippen LogP contribution in [-0.4, -0.2) is 145 Å². The van der Waals surface area contributed by atoms with Gasteiger partial charge in [0.2, 0.25) is 5.36 Å². The maximum atomic E-state index is 9.87. The maximum Gasteiger partial charge on any atom is -1.00 e. The van der Waals surface area contributed by atoms with Crippen molar-refractivity contribution in [2.75, 3.05) is 152 Å². The Balaban J connectivity index is 0.000000274. The van der Waals surface area contributed by atoms with E-state index in [0.717, 1.165) is 254 Å². The van der Waals surface area contributed by atoms with Gasteiger partial charge in [0.1, 0.15) is 116 Å². The monoisotopic (exact) mass is 1980 g/mol. The van der Waals surface area contributed by atoms with Crippen molar-refractivity contribution in [3.8, 4) is 69.0 Å². The van der Waals surface area contributed by atoms with E-state index in [1.54, 1.807) is 85.3 Å². The van der Waals surface area contributed by atoms with Crippen LogP contribution in [0.5, 0.6) is 69.0 Å². The zero-order chi connectivity index (χ0) is 102. The van der Waals surface area contributed by atoms with E-state index < -0.39 is 23.2 Å². The van der Waals surface area contributed by atoms with Gasteiger partial charge in [-0.15, -0.1) is 0 Å². The molecule has 13 rings (SSSR count). The standard InChI is InChI=1S/C34H48N2O4.C28H29N2O3.C28H34O6.C9H12O2.BF3.2F6P.FH/c1-12-35(13-2)25-18-24(7)32(28(19-25)38-9)34(31-23(6)16-22(5)17-27(31)37-8)33-29(39-10)20-26(21-30(33)40-11)36(14-3)15-4;1-6-29(7-2)17-12-21-26-23(14-17)33-24-15-18(30(8-3)9-4)13-22-27(24)28(26)25-19(31-21)10-16(5)11-20(25)32-22;1-16-10-17(2)25(21(11-16)31-6)28(26-18(3)12-19(29-4)13-22(26)32-7)27-23(33-8)14-20(30-5)15-24(27)34-9;1-7-4-8(10-2)6-9(5-7)11-3;2-1(3)4;2*1-7(2,3,4,5)6;/h16-21,34H,12-15H2,1-11H3;10-15H,6-9H2,1-5H3;10-15,28H,1-9H3;4-6H,1-3H3;;;;1H/q;+1;;;;2*-1;/p-1. The van der Waals surface area contributed by atoms with Gasteiger partial charge in [0.05, 0.1) is 114 Å². The number of rotatable bonds is 29. The van der Waals surface area contributed by atoms with E-state index in [4.69, 9.17) is 70.1 Å². The molecule has 0 aliphatic rings. The quantitative estimate of drug-likeness (QED) is 0.00826. The number of ether oxygens (including phenoxy) is 12. The minimum Gasteiger partial charge on any atom is -1.00 e. The zero-order valence-corrected chi connectivity index (χ0v) is 84.2. The SMILES string of the molecule is CCN(CC)c1cc(C)c(C(c2c(C)cc(C)cc2OC)c2c(OC)cc(N(CC)CC)cc2OC)c(OC)c1.CCN(CC)c1cc2oc3cc(C)cc4oc5cc(=[N+](CC)CC)cc6oc(c1)c2c(c34)c56.COc1cc(C)c(C(c2c(C)cc(C)cc2OC)c2c(OC)cc(OC)cc2OC)c(OC)c1.COc1cc(C)cc(OC)c1.FB(F)F.F[P-](F)(F)(F)(F)F.F[P-](F)(F)(F)(F)F.[F-]. The first-order chi connectivity index (χ1) is 63.5. The van der Waals surface area contributed by atoms with Crippen LogP contribution in [0.25, 0.3) is 55.0 Å². The number of hydrogen-bond acceptors (Lipinski definition) is 18. The number of aryl methyl sites for hydroxylation is 8. The van der Waals surface area contributed by atoms with Crippen LogP contribution < -0.4 is 86.2 Å². The van der Waals surface area contributed by atoms with Crippen molar-refractivity contribution in [3.05, 3.63) is 211 Å². The minimum absolute atomic E-state index is 0. The fourth-order valence-corrected chi connectivity index (χ4v) is 16.9. The van der Waals surface area contributed by atoms with Crippen molar-refractivity contribution in [1.29, 1.82) is 0 Å². The van der Waals surface area contributed by atoms with Crippen molar-refractivity contribution in [2.45, 2.75) is 123 Å². The second-order valence-electron chi connectivity index (χ2n) is 31.6. The molecule has 0 saturated heterocycles. The van der Waals surface area contributed by atoms with Crippen LogP contribution >= 0.6 is 15.6 Å². The van der Waals surface area contributed by atoms with E-state index in [2.05, 4.69) is 195 Å². The van der Waals surface area contributed by atoms with Crippen molar-refractivity contribution in [1.82, 2.24) is 4.58 Å². The smallest absolute Gasteiger partial charge is 1.00 e. The topological polar surface area (TPSA) is 163 Å². The maximum absolute atomic E-state index is 10.7. The molecule has 137 heavy (non-hydrogen) atoms. The van der Waals surface area contributed by atoms with Crippen molar-refractivity contribution < 1.29 is 138 Å². The Morgan fingerprint density at radius 2 is 0.489 bits per heavy atom. The van der Waals surface area contributed by atoms with Gasteiger partial charge >= 0.3 is 73.5 Å². The van der Waals surface area contributed by atoms with E-state index in [1.165, 1.54) is 0 Å². The third-order valence-electron chi connectivity index (χ3n) is 22.5. The van der Waals surface area contributed by atoms with Gasteiger partial charge in [0.15, 0.2) is 0 Å². The van der Waals surface area contributed by atoms with Gasteiger partial charge in [-0.05, 0) is 204 Å². The molecule has 2 atom stereocenters. The van der Waals surface area contributed by atoms with Crippen LogP contribution in [0.15, 0.2) is 141 Å². The van der Waals surface area contributed by atoms with E-state index >= 15 is 0 Å².